The van der Waals surface area contributed by atoms with E-state index in [0.717, 1.165) is 24.2 Å². The summed E-state index contributed by atoms with van der Waals surface area (Å²) in [6.07, 6.45) is 1.79. The van der Waals surface area contributed by atoms with E-state index in [4.69, 9.17) is 9.15 Å². The number of benzene rings is 1. The Hall–Kier alpha value is -3.11. The van der Waals surface area contributed by atoms with E-state index in [0.29, 0.717) is 41.3 Å². The van der Waals surface area contributed by atoms with Crippen molar-refractivity contribution < 1.29 is 9.15 Å². The van der Waals surface area contributed by atoms with Crippen molar-refractivity contribution in [3.63, 3.8) is 0 Å². The number of aryl methyl sites for hydroxylation is 2. The van der Waals surface area contributed by atoms with Gasteiger partial charge in [-0.3, -0.25) is 4.79 Å². The van der Waals surface area contributed by atoms with Gasteiger partial charge in [-0.1, -0.05) is 0 Å². The van der Waals surface area contributed by atoms with Gasteiger partial charge in [0.25, 0.3) is 0 Å². The predicted molar refractivity (Wildman–Crippen MR) is 101 cm³/mol. The molecule has 27 heavy (non-hydrogen) atoms. The SMILES string of the molecule is Cc1cc(=O)c2c(C)nn(-c3ccc(C#N)c(NC4CCOCC4)c3)c2o1. The lowest BCUT2D eigenvalue weighted by Crippen LogP contribution is -2.28. The summed E-state index contributed by atoms with van der Waals surface area (Å²) in [5, 5.41) is 17.9. The number of hydrogen-bond acceptors (Lipinski definition) is 6. The van der Waals surface area contributed by atoms with Gasteiger partial charge in [-0.05, 0) is 44.9 Å². The summed E-state index contributed by atoms with van der Waals surface area (Å²) in [6, 6.07) is 9.40. The van der Waals surface area contributed by atoms with Gasteiger partial charge in [0.1, 0.15) is 17.2 Å². The lowest BCUT2D eigenvalue weighted by molar-refractivity contribution is 0.0904. The molecule has 1 fully saturated rings. The molecule has 3 heterocycles. The van der Waals surface area contributed by atoms with Crippen molar-refractivity contribution in [3.8, 4) is 11.8 Å². The second kappa shape index (κ2) is 6.89. The van der Waals surface area contributed by atoms with E-state index in [2.05, 4.69) is 16.5 Å². The average Bonchev–Trinajstić information content (AvgIpc) is 2.99. The maximum absolute atomic E-state index is 12.3. The number of nitriles is 1. The first-order chi connectivity index (χ1) is 13.1. The number of anilines is 1. The Kier molecular flexibility index (Phi) is 4.42. The molecule has 1 aliphatic rings. The van der Waals surface area contributed by atoms with E-state index in [9.17, 15) is 10.1 Å². The van der Waals surface area contributed by atoms with Gasteiger partial charge in [0.15, 0.2) is 5.43 Å². The normalized spacial score (nSPS) is 15.0. The Morgan fingerprint density at radius 3 is 2.78 bits per heavy atom. The molecule has 0 unspecified atom stereocenters. The Bertz CT molecular complexity index is 1100. The van der Waals surface area contributed by atoms with E-state index >= 15 is 0 Å². The van der Waals surface area contributed by atoms with Gasteiger partial charge in [0, 0.05) is 25.3 Å². The van der Waals surface area contributed by atoms with Crippen LogP contribution in [0.5, 0.6) is 0 Å². The molecule has 138 valence electrons. The van der Waals surface area contributed by atoms with Crippen LogP contribution in [0.1, 0.15) is 29.9 Å². The van der Waals surface area contributed by atoms with Crippen LogP contribution in [0.3, 0.4) is 0 Å². The van der Waals surface area contributed by atoms with Gasteiger partial charge in [-0.2, -0.15) is 15.0 Å². The summed E-state index contributed by atoms with van der Waals surface area (Å²) >= 11 is 0. The van der Waals surface area contributed by atoms with Crippen LogP contribution in [0.25, 0.3) is 16.8 Å². The molecular weight excluding hydrogens is 344 g/mol. The third-order valence-corrected chi connectivity index (χ3v) is 4.81. The minimum Gasteiger partial charge on any atom is -0.443 e. The molecule has 4 rings (SSSR count). The largest absolute Gasteiger partial charge is 0.443 e. The number of rotatable bonds is 3. The topological polar surface area (TPSA) is 93.1 Å². The van der Waals surface area contributed by atoms with Crippen LogP contribution in [0.4, 0.5) is 5.69 Å². The third kappa shape index (κ3) is 3.20. The molecular formula is C20H20N4O3. The molecule has 1 saturated heterocycles. The molecule has 1 N–H and O–H groups in total. The molecule has 0 aliphatic carbocycles. The Morgan fingerprint density at radius 1 is 1.26 bits per heavy atom. The van der Waals surface area contributed by atoms with Gasteiger partial charge < -0.3 is 14.5 Å². The van der Waals surface area contributed by atoms with Crippen LogP contribution >= 0.6 is 0 Å². The maximum atomic E-state index is 12.3. The van der Waals surface area contributed by atoms with Crippen molar-refractivity contribution in [3.05, 3.63) is 51.5 Å². The number of nitrogens with zero attached hydrogens (tertiary/aromatic N) is 3. The van der Waals surface area contributed by atoms with Crippen LogP contribution < -0.4 is 10.7 Å². The fourth-order valence-electron chi connectivity index (χ4n) is 3.44. The average molecular weight is 364 g/mol. The van der Waals surface area contributed by atoms with E-state index in [1.54, 1.807) is 24.6 Å². The van der Waals surface area contributed by atoms with Gasteiger partial charge in [0.05, 0.1) is 22.6 Å². The molecule has 0 amide bonds. The van der Waals surface area contributed by atoms with Crippen LogP contribution in [0.2, 0.25) is 0 Å². The lowest BCUT2D eigenvalue weighted by atomic mass is 10.1. The summed E-state index contributed by atoms with van der Waals surface area (Å²) < 4.78 is 12.8. The number of aromatic nitrogens is 2. The second-order valence-electron chi connectivity index (χ2n) is 6.77. The lowest BCUT2D eigenvalue weighted by Gasteiger charge is -2.24. The van der Waals surface area contributed by atoms with Crippen molar-refractivity contribution in [2.75, 3.05) is 18.5 Å². The number of hydrogen-bond donors (Lipinski definition) is 1. The summed E-state index contributed by atoms with van der Waals surface area (Å²) in [5.41, 5.74) is 2.97. The van der Waals surface area contributed by atoms with Gasteiger partial charge in [0.2, 0.25) is 5.71 Å². The Balaban J connectivity index is 1.81. The summed E-state index contributed by atoms with van der Waals surface area (Å²) in [5.74, 6) is 0.530. The van der Waals surface area contributed by atoms with Crippen molar-refractivity contribution in [2.24, 2.45) is 0 Å². The highest BCUT2D eigenvalue weighted by Crippen LogP contribution is 2.26. The van der Waals surface area contributed by atoms with E-state index < -0.39 is 0 Å². The molecule has 0 atom stereocenters. The zero-order chi connectivity index (χ0) is 19.0. The zero-order valence-corrected chi connectivity index (χ0v) is 15.3. The smallest absolute Gasteiger partial charge is 0.233 e. The van der Waals surface area contributed by atoms with E-state index in [-0.39, 0.29) is 11.5 Å². The molecule has 7 heteroatoms. The highest BCUT2D eigenvalue weighted by atomic mass is 16.5. The fourth-order valence-corrected chi connectivity index (χ4v) is 3.44. The number of nitrogens with one attached hydrogen (secondary N) is 1. The van der Waals surface area contributed by atoms with Crippen LogP contribution in [-0.2, 0) is 4.74 Å². The third-order valence-electron chi connectivity index (χ3n) is 4.81. The molecule has 1 aliphatic heterocycles. The van der Waals surface area contributed by atoms with Gasteiger partial charge in [-0.25, -0.2) is 0 Å². The predicted octanol–water partition coefficient (Wildman–Crippen LogP) is 3.06. The molecule has 0 saturated carbocycles. The van der Waals surface area contributed by atoms with Crippen molar-refractivity contribution in [1.29, 1.82) is 5.26 Å². The van der Waals surface area contributed by atoms with Gasteiger partial charge >= 0.3 is 0 Å². The molecule has 2 aromatic heterocycles. The molecule has 0 radical (unpaired) electrons. The number of fused-ring (bicyclic) bond motifs is 1. The molecule has 3 aromatic rings. The monoisotopic (exact) mass is 364 g/mol. The standard InChI is InChI=1S/C20H20N4O3/c1-12-9-18(25)19-13(2)23-24(20(19)27-12)16-4-3-14(11-21)17(10-16)22-15-5-7-26-8-6-15/h3-4,9-10,15,22H,5-8H2,1-2H3. The summed E-state index contributed by atoms with van der Waals surface area (Å²) in [6.45, 7) is 4.96. The molecule has 7 nitrogen and oxygen atoms in total. The molecule has 0 bridgehead atoms. The van der Waals surface area contributed by atoms with Crippen molar-refractivity contribution >= 4 is 16.8 Å². The van der Waals surface area contributed by atoms with Crippen LogP contribution in [0.15, 0.2) is 33.5 Å². The first-order valence-electron chi connectivity index (χ1n) is 8.95. The molecule has 1 aromatic carbocycles. The maximum Gasteiger partial charge on any atom is 0.233 e. The number of ether oxygens (including phenoxy) is 1. The Morgan fingerprint density at radius 2 is 2.04 bits per heavy atom. The first-order valence-corrected chi connectivity index (χ1v) is 8.95. The van der Waals surface area contributed by atoms with Crippen LogP contribution in [0, 0.1) is 25.2 Å². The van der Waals surface area contributed by atoms with E-state index in [1.807, 2.05) is 12.1 Å². The van der Waals surface area contributed by atoms with Crippen LogP contribution in [-0.4, -0.2) is 29.0 Å². The zero-order valence-electron chi connectivity index (χ0n) is 15.3. The quantitative estimate of drug-likeness (QED) is 0.768. The fraction of sp³-hybridized carbons (Fsp3) is 0.350. The highest BCUT2D eigenvalue weighted by molar-refractivity contribution is 5.78. The van der Waals surface area contributed by atoms with E-state index in [1.165, 1.54) is 6.07 Å². The minimum atomic E-state index is -0.105. The van der Waals surface area contributed by atoms with Crippen molar-refractivity contribution in [1.82, 2.24) is 9.78 Å². The summed E-state index contributed by atoms with van der Waals surface area (Å²) in [7, 11) is 0. The highest BCUT2D eigenvalue weighted by Gasteiger charge is 2.18. The van der Waals surface area contributed by atoms with Gasteiger partial charge in [-0.15, -0.1) is 0 Å². The Labute approximate surface area is 156 Å². The van der Waals surface area contributed by atoms with Crippen molar-refractivity contribution in [2.45, 2.75) is 32.7 Å². The first kappa shape index (κ1) is 17.3. The minimum absolute atomic E-state index is 0.105. The summed E-state index contributed by atoms with van der Waals surface area (Å²) in [4.78, 5) is 12.3. The molecule has 0 spiro atoms. The second-order valence-corrected chi connectivity index (χ2v) is 6.77.